The third kappa shape index (κ3) is 5.96. The summed E-state index contributed by atoms with van der Waals surface area (Å²) in [4.78, 5) is 16.4. The van der Waals surface area contributed by atoms with Crippen molar-refractivity contribution in [2.75, 3.05) is 18.9 Å². The van der Waals surface area contributed by atoms with Gasteiger partial charge in [0.15, 0.2) is 0 Å². The van der Waals surface area contributed by atoms with Gasteiger partial charge in [0.25, 0.3) is 0 Å². The third-order valence-electron chi connectivity index (χ3n) is 3.08. The Morgan fingerprint density at radius 3 is 2.90 bits per heavy atom. The molecule has 1 aromatic heterocycles. The fourth-order valence-corrected chi connectivity index (χ4v) is 3.44. The van der Waals surface area contributed by atoms with Crippen molar-refractivity contribution in [3.8, 4) is 0 Å². The van der Waals surface area contributed by atoms with E-state index < -0.39 is 5.54 Å². The van der Waals surface area contributed by atoms with Crippen molar-refractivity contribution < 1.29 is 9.53 Å². The Morgan fingerprint density at radius 2 is 2.29 bits per heavy atom. The number of nitrogens with zero attached hydrogens (tertiary/aromatic N) is 1. The number of carbonyl (C=O) groups is 1. The van der Waals surface area contributed by atoms with Crippen LogP contribution in [0.5, 0.6) is 0 Å². The minimum Gasteiger partial charge on any atom is -0.465 e. The predicted octanol–water partition coefficient (Wildman–Crippen LogP) is 3.65. The van der Waals surface area contributed by atoms with Crippen molar-refractivity contribution in [1.82, 2.24) is 10.3 Å². The maximum atomic E-state index is 12.1. The van der Waals surface area contributed by atoms with Gasteiger partial charge in [0.1, 0.15) is 10.6 Å². The number of esters is 1. The van der Waals surface area contributed by atoms with Crippen LogP contribution in [-0.2, 0) is 9.53 Å². The predicted molar refractivity (Wildman–Crippen MR) is 90.6 cm³/mol. The van der Waals surface area contributed by atoms with Crippen LogP contribution in [0.4, 0.5) is 0 Å². The van der Waals surface area contributed by atoms with Crippen LogP contribution in [0.25, 0.3) is 0 Å². The highest BCUT2D eigenvalue weighted by atomic mass is 79.9. The molecule has 1 N–H and O–H groups in total. The van der Waals surface area contributed by atoms with E-state index in [1.807, 2.05) is 32.9 Å². The molecule has 1 rings (SSSR count). The summed E-state index contributed by atoms with van der Waals surface area (Å²) in [7, 11) is 0. The summed E-state index contributed by atoms with van der Waals surface area (Å²) in [5.41, 5.74) is -0.604. The molecule has 0 saturated carbocycles. The summed E-state index contributed by atoms with van der Waals surface area (Å²) in [6.07, 6.45) is 3.45. The Hall–Kier alpha value is -0.590. The fourth-order valence-electron chi connectivity index (χ4n) is 2.02. The summed E-state index contributed by atoms with van der Waals surface area (Å²) < 4.78 is 6.18. The summed E-state index contributed by atoms with van der Waals surface area (Å²) >= 11 is 5.18. The van der Waals surface area contributed by atoms with Crippen LogP contribution in [0.15, 0.2) is 27.8 Å². The van der Waals surface area contributed by atoms with E-state index in [1.54, 1.807) is 18.0 Å². The molecule has 118 valence electrons. The quantitative estimate of drug-likeness (QED) is 0.406. The highest BCUT2D eigenvalue weighted by Gasteiger charge is 2.33. The van der Waals surface area contributed by atoms with Gasteiger partial charge in [-0.15, -0.1) is 11.8 Å². The lowest BCUT2D eigenvalue weighted by Crippen LogP contribution is -2.50. The molecule has 6 heteroatoms. The van der Waals surface area contributed by atoms with Crippen molar-refractivity contribution in [1.29, 1.82) is 0 Å². The summed E-state index contributed by atoms with van der Waals surface area (Å²) in [6, 6.07) is 3.88. The Kier molecular flexibility index (Phi) is 8.29. The van der Waals surface area contributed by atoms with Crippen LogP contribution >= 0.6 is 27.7 Å². The topological polar surface area (TPSA) is 51.2 Å². The van der Waals surface area contributed by atoms with Crippen LogP contribution < -0.4 is 5.32 Å². The first-order valence-electron chi connectivity index (χ1n) is 7.19. The Balaban J connectivity index is 2.47. The normalized spacial score (nSPS) is 13.7. The fraction of sp³-hybridized carbons (Fsp3) is 0.600. The van der Waals surface area contributed by atoms with Crippen LogP contribution in [0, 0.1) is 0 Å². The first-order valence-corrected chi connectivity index (χ1v) is 8.97. The molecule has 0 spiro atoms. The van der Waals surface area contributed by atoms with Crippen LogP contribution in [0.2, 0.25) is 0 Å². The molecular formula is C15H23BrN2O2S. The van der Waals surface area contributed by atoms with Crippen LogP contribution in [-0.4, -0.2) is 35.4 Å². The molecule has 1 unspecified atom stereocenters. The van der Waals surface area contributed by atoms with Gasteiger partial charge in [0, 0.05) is 10.7 Å². The molecule has 21 heavy (non-hydrogen) atoms. The molecule has 0 aliphatic heterocycles. The van der Waals surface area contributed by atoms with Crippen LogP contribution in [0.1, 0.15) is 33.6 Å². The number of ether oxygens (including phenoxy) is 1. The number of likely N-dealkylation sites (N-methyl/N-ethyl adjacent to an activating group) is 1. The molecule has 1 aromatic rings. The van der Waals surface area contributed by atoms with E-state index in [9.17, 15) is 4.79 Å². The van der Waals surface area contributed by atoms with Gasteiger partial charge in [0.2, 0.25) is 0 Å². The van der Waals surface area contributed by atoms with Gasteiger partial charge >= 0.3 is 5.97 Å². The zero-order chi connectivity index (χ0) is 15.7. The number of hydrogen-bond donors (Lipinski definition) is 1. The van der Waals surface area contributed by atoms with Gasteiger partial charge in [-0.05, 0) is 67.0 Å². The van der Waals surface area contributed by atoms with Crippen molar-refractivity contribution in [3.63, 3.8) is 0 Å². The number of aromatic nitrogens is 1. The second-order valence-corrected chi connectivity index (χ2v) is 6.76. The number of hydrogen-bond acceptors (Lipinski definition) is 5. The molecule has 0 amide bonds. The van der Waals surface area contributed by atoms with Crippen molar-refractivity contribution in [2.45, 2.75) is 44.2 Å². The Morgan fingerprint density at radius 1 is 1.52 bits per heavy atom. The SMILES string of the molecule is CCNC(C)(CCCSc1ncccc1Br)C(=O)OCC. The Labute approximate surface area is 139 Å². The van der Waals surface area contributed by atoms with E-state index in [0.717, 1.165) is 34.6 Å². The zero-order valence-corrected chi connectivity index (χ0v) is 15.2. The summed E-state index contributed by atoms with van der Waals surface area (Å²) in [5, 5.41) is 4.23. The molecule has 4 nitrogen and oxygen atoms in total. The lowest BCUT2D eigenvalue weighted by molar-refractivity contribution is -0.150. The molecule has 0 aliphatic rings. The van der Waals surface area contributed by atoms with Gasteiger partial charge in [-0.25, -0.2) is 4.98 Å². The highest BCUT2D eigenvalue weighted by Crippen LogP contribution is 2.26. The van der Waals surface area contributed by atoms with Crippen LogP contribution in [0.3, 0.4) is 0 Å². The maximum Gasteiger partial charge on any atom is 0.326 e. The monoisotopic (exact) mass is 374 g/mol. The minimum atomic E-state index is -0.604. The zero-order valence-electron chi connectivity index (χ0n) is 12.8. The first-order chi connectivity index (χ1) is 10.0. The second-order valence-electron chi connectivity index (χ2n) is 4.83. The third-order valence-corrected chi connectivity index (χ3v) is 5.07. The van der Waals surface area contributed by atoms with Crippen molar-refractivity contribution >= 4 is 33.7 Å². The average molecular weight is 375 g/mol. The number of carbonyl (C=O) groups excluding carboxylic acids is 1. The largest absolute Gasteiger partial charge is 0.465 e. The van der Waals surface area contributed by atoms with Crippen molar-refractivity contribution in [2.24, 2.45) is 0 Å². The molecule has 0 aliphatic carbocycles. The smallest absolute Gasteiger partial charge is 0.326 e. The number of pyridine rings is 1. The van der Waals surface area contributed by atoms with E-state index in [1.165, 1.54) is 0 Å². The Bertz CT molecular complexity index is 459. The van der Waals surface area contributed by atoms with E-state index >= 15 is 0 Å². The van der Waals surface area contributed by atoms with E-state index in [0.29, 0.717) is 6.61 Å². The lowest BCUT2D eigenvalue weighted by Gasteiger charge is -2.28. The van der Waals surface area contributed by atoms with Gasteiger partial charge in [-0.1, -0.05) is 6.92 Å². The van der Waals surface area contributed by atoms with Gasteiger partial charge in [-0.2, -0.15) is 0 Å². The molecule has 0 bridgehead atoms. The summed E-state index contributed by atoms with van der Waals surface area (Å²) in [6.45, 7) is 6.90. The lowest BCUT2D eigenvalue weighted by atomic mass is 9.96. The van der Waals surface area contributed by atoms with Crippen molar-refractivity contribution in [3.05, 3.63) is 22.8 Å². The molecule has 0 fully saturated rings. The van der Waals surface area contributed by atoms with Gasteiger partial charge in [0.05, 0.1) is 6.61 Å². The van der Waals surface area contributed by atoms with Gasteiger partial charge < -0.3 is 10.1 Å². The average Bonchev–Trinajstić information content (AvgIpc) is 2.46. The molecule has 1 atom stereocenters. The standard InChI is InChI=1S/C15H23BrN2O2S/c1-4-18-15(3,14(19)20-5-2)9-7-11-21-13-12(16)8-6-10-17-13/h6,8,10,18H,4-5,7,9,11H2,1-3H3. The highest BCUT2D eigenvalue weighted by molar-refractivity contribution is 9.10. The van der Waals surface area contributed by atoms with E-state index in [4.69, 9.17) is 4.74 Å². The van der Waals surface area contributed by atoms with Gasteiger partial charge in [-0.3, -0.25) is 4.79 Å². The molecule has 0 aromatic carbocycles. The molecule has 1 heterocycles. The number of halogens is 1. The number of rotatable bonds is 9. The summed E-state index contributed by atoms with van der Waals surface area (Å²) in [5.74, 6) is 0.742. The molecular weight excluding hydrogens is 352 g/mol. The number of thioether (sulfide) groups is 1. The van der Waals surface area contributed by atoms with E-state index in [2.05, 4.69) is 26.2 Å². The molecule has 0 radical (unpaired) electrons. The minimum absolute atomic E-state index is 0.170. The number of nitrogens with one attached hydrogen (secondary N) is 1. The molecule has 0 saturated heterocycles. The maximum absolute atomic E-state index is 12.1. The van der Waals surface area contributed by atoms with E-state index in [-0.39, 0.29) is 5.97 Å². The first kappa shape index (κ1) is 18.5. The second kappa shape index (κ2) is 9.43.